The van der Waals surface area contributed by atoms with Gasteiger partial charge in [-0.1, -0.05) is 42.5 Å². The summed E-state index contributed by atoms with van der Waals surface area (Å²) in [4.78, 5) is 0. The van der Waals surface area contributed by atoms with E-state index in [9.17, 15) is 4.39 Å². The van der Waals surface area contributed by atoms with Crippen LogP contribution < -0.4 is 5.32 Å². The van der Waals surface area contributed by atoms with Gasteiger partial charge in [-0.05, 0) is 55.4 Å². The van der Waals surface area contributed by atoms with E-state index in [0.29, 0.717) is 12.1 Å². The molecular formula is C19H22FN. The first kappa shape index (κ1) is 14.3. The quantitative estimate of drug-likeness (QED) is 0.823. The largest absolute Gasteiger partial charge is 0.307 e. The van der Waals surface area contributed by atoms with Crippen LogP contribution in [0.3, 0.4) is 0 Å². The fourth-order valence-electron chi connectivity index (χ4n) is 2.98. The maximum absolute atomic E-state index is 13.3. The molecular weight excluding hydrogens is 261 g/mol. The molecule has 1 aliphatic carbocycles. The van der Waals surface area contributed by atoms with Crippen LogP contribution in [0.4, 0.5) is 4.39 Å². The molecule has 3 rings (SSSR count). The maximum Gasteiger partial charge on any atom is 0.123 e. The Labute approximate surface area is 126 Å². The molecule has 0 saturated heterocycles. The Kier molecular flexibility index (Phi) is 4.35. The molecule has 1 aliphatic rings. The Bertz CT molecular complexity index is 577. The molecule has 0 spiro atoms. The minimum absolute atomic E-state index is 0.151. The highest BCUT2D eigenvalue weighted by molar-refractivity contribution is 5.22. The van der Waals surface area contributed by atoms with Crippen LogP contribution in [0.25, 0.3) is 0 Å². The third-order valence-electron chi connectivity index (χ3n) is 4.15. The lowest BCUT2D eigenvalue weighted by Crippen LogP contribution is -2.33. The molecule has 1 nitrogen and oxygen atoms in total. The zero-order valence-electron chi connectivity index (χ0n) is 12.4. The van der Waals surface area contributed by atoms with Crippen molar-refractivity contribution in [3.63, 3.8) is 0 Å². The molecule has 0 amide bonds. The van der Waals surface area contributed by atoms with Gasteiger partial charge in [-0.15, -0.1) is 0 Å². The maximum atomic E-state index is 13.3. The van der Waals surface area contributed by atoms with E-state index in [-0.39, 0.29) is 5.82 Å². The summed E-state index contributed by atoms with van der Waals surface area (Å²) in [6.45, 7) is 2.18. The molecule has 0 aliphatic heterocycles. The second kappa shape index (κ2) is 6.40. The van der Waals surface area contributed by atoms with Gasteiger partial charge in [-0.25, -0.2) is 4.39 Å². The first-order valence-electron chi connectivity index (χ1n) is 7.78. The van der Waals surface area contributed by atoms with Crippen LogP contribution in [0.15, 0.2) is 54.6 Å². The van der Waals surface area contributed by atoms with Gasteiger partial charge in [0.15, 0.2) is 0 Å². The van der Waals surface area contributed by atoms with Crippen molar-refractivity contribution in [1.29, 1.82) is 0 Å². The zero-order chi connectivity index (χ0) is 14.7. The minimum Gasteiger partial charge on any atom is -0.307 e. The van der Waals surface area contributed by atoms with Crippen LogP contribution in [0, 0.1) is 11.7 Å². The molecule has 2 unspecified atom stereocenters. The van der Waals surface area contributed by atoms with Crippen LogP contribution in [-0.2, 0) is 6.42 Å². The van der Waals surface area contributed by atoms with Gasteiger partial charge in [0.05, 0.1) is 0 Å². The van der Waals surface area contributed by atoms with E-state index < -0.39 is 0 Å². The van der Waals surface area contributed by atoms with Crippen LogP contribution in [0.1, 0.15) is 36.9 Å². The van der Waals surface area contributed by atoms with Crippen LogP contribution in [0.5, 0.6) is 0 Å². The molecule has 110 valence electrons. The number of benzene rings is 2. The lowest BCUT2D eigenvalue weighted by Gasteiger charge is -2.24. The van der Waals surface area contributed by atoms with Gasteiger partial charge in [0, 0.05) is 12.1 Å². The monoisotopic (exact) mass is 283 g/mol. The van der Waals surface area contributed by atoms with Gasteiger partial charge in [0.2, 0.25) is 0 Å². The summed E-state index contributed by atoms with van der Waals surface area (Å²) in [5.41, 5.74) is 2.42. The minimum atomic E-state index is -0.151. The van der Waals surface area contributed by atoms with Crippen molar-refractivity contribution in [1.82, 2.24) is 5.32 Å². The molecule has 21 heavy (non-hydrogen) atoms. The Morgan fingerprint density at radius 3 is 2.52 bits per heavy atom. The number of hydrogen-bond acceptors (Lipinski definition) is 1. The molecule has 0 heterocycles. The van der Waals surface area contributed by atoms with Crippen LogP contribution >= 0.6 is 0 Å². The fraction of sp³-hybridized carbons (Fsp3) is 0.368. The number of halogens is 1. The van der Waals surface area contributed by atoms with Gasteiger partial charge < -0.3 is 5.32 Å². The Balaban J connectivity index is 1.66. The second-order valence-electron chi connectivity index (χ2n) is 6.13. The number of hydrogen-bond donors (Lipinski definition) is 1. The van der Waals surface area contributed by atoms with E-state index >= 15 is 0 Å². The number of nitrogens with one attached hydrogen (secondary N) is 1. The normalized spacial score (nSPS) is 17.4. The molecule has 0 radical (unpaired) electrons. The van der Waals surface area contributed by atoms with Crippen LogP contribution in [0.2, 0.25) is 0 Å². The fourth-order valence-corrected chi connectivity index (χ4v) is 2.98. The summed E-state index contributed by atoms with van der Waals surface area (Å²) in [5.74, 6) is 0.601. The van der Waals surface area contributed by atoms with Gasteiger partial charge in [-0.2, -0.15) is 0 Å². The average Bonchev–Trinajstić information content (AvgIpc) is 3.30. The van der Waals surface area contributed by atoms with E-state index in [1.54, 1.807) is 12.1 Å². The second-order valence-corrected chi connectivity index (χ2v) is 6.13. The molecule has 1 N–H and O–H groups in total. The van der Waals surface area contributed by atoms with Crippen molar-refractivity contribution in [2.45, 2.75) is 38.3 Å². The predicted molar refractivity (Wildman–Crippen MR) is 84.6 cm³/mol. The summed E-state index contributed by atoms with van der Waals surface area (Å²) in [5, 5.41) is 3.74. The van der Waals surface area contributed by atoms with Crippen molar-refractivity contribution in [2.24, 2.45) is 5.92 Å². The molecule has 0 aromatic heterocycles. The van der Waals surface area contributed by atoms with Crippen molar-refractivity contribution < 1.29 is 4.39 Å². The van der Waals surface area contributed by atoms with Crippen molar-refractivity contribution in [2.75, 3.05) is 0 Å². The molecule has 2 aromatic rings. The van der Waals surface area contributed by atoms with Gasteiger partial charge in [0.1, 0.15) is 5.82 Å². The topological polar surface area (TPSA) is 12.0 Å². The molecule has 2 heteroatoms. The van der Waals surface area contributed by atoms with Crippen molar-refractivity contribution in [3.8, 4) is 0 Å². The predicted octanol–water partition coefficient (Wildman–Crippen LogP) is 4.50. The first-order chi connectivity index (χ1) is 10.2. The SMILES string of the molecule is CC(Cc1cccc(F)c1)NC(c1ccccc1)C1CC1. The van der Waals surface area contributed by atoms with E-state index in [1.165, 1.54) is 24.5 Å². The molecule has 2 aromatic carbocycles. The third-order valence-corrected chi connectivity index (χ3v) is 4.15. The molecule has 0 bridgehead atoms. The average molecular weight is 283 g/mol. The highest BCUT2D eigenvalue weighted by Crippen LogP contribution is 2.41. The summed E-state index contributed by atoms with van der Waals surface area (Å²) in [7, 11) is 0. The molecule has 1 fully saturated rings. The van der Waals surface area contributed by atoms with Gasteiger partial charge in [-0.3, -0.25) is 0 Å². The van der Waals surface area contributed by atoms with Gasteiger partial charge >= 0.3 is 0 Å². The lowest BCUT2D eigenvalue weighted by atomic mass is 9.99. The standard InChI is InChI=1S/C19H22FN/c1-14(12-15-6-5-9-18(20)13-15)21-19(17-10-11-17)16-7-3-2-4-8-16/h2-9,13-14,17,19,21H,10-12H2,1H3. The Morgan fingerprint density at radius 1 is 1.10 bits per heavy atom. The smallest absolute Gasteiger partial charge is 0.123 e. The molecule has 2 atom stereocenters. The summed E-state index contributed by atoms with van der Waals surface area (Å²) >= 11 is 0. The van der Waals surface area contributed by atoms with Crippen molar-refractivity contribution >= 4 is 0 Å². The lowest BCUT2D eigenvalue weighted by molar-refractivity contribution is 0.417. The van der Waals surface area contributed by atoms with E-state index in [4.69, 9.17) is 0 Å². The summed E-state index contributed by atoms with van der Waals surface area (Å²) in [6, 6.07) is 18.3. The number of rotatable bonds is 6. The third kappa shape index (κ3) is 3.92. The molecule has 1 saturated carbocycles. The van der Waals surface area contributed by atoms with E-state index in [0.717, 1.165) is 17.9 Å². The Morgan fingerprint density at radius 2 is 1.86 bits per heavy atom. The summed E-state index contributed by atoms with van der Waals surface area (Å²) in [6.07, 6.45) is 3.46. The first-order valence-corrected chi connectivity index (χ1v) is 7.78. The highest BCUT2D eigenvalue weighted by atomic mass is 19.1. The van der Waals surface area contributed by atoms with Crippen LogP contribution in [-0.4, -0.2) is 6.04 Å². The highest BCUT2D eigenvalue weighted by Gasteiger charge is 2.32. The summed E-state index contributed by atoms with van der Waals surface area (Å²) < 4.78 is 13.3. The van der Waals surface area contributed by atoms with E-state index in [2.05, 4.69) is 42.6 Å². The van der Waals surface area contributed by atoms with Gasteiger partial charge in [0.25, 0.3) is 0 Å². The van der Waals surface area contributed by atoms with Crippen molar-refractivity contribution in [3.05, 3.63) is 71.5 Å². The van der Waals surface area contributed by atoms with E-state index in [1.807, 2.05) is 6.07 Å². The zero-order valence-corrected chi connectivity index (χ0v) is 12.4. The Hall–Kier alpha value is -1.67.